The summed E-state index contributed by atoms with van der Waals surface area (Å²) in [5, 5.41) is 5.75. The molecule has 1 atom stereocenters. The highest BCUT2D eigenvalue weighted by molar-refractivity contribution is 5.74. The molecule has 27 heavy (non-hydrogen) atoms. The lowest BCUT2D eigenvalue weighted by Crippen LogP contribution is -2.38. The fraction of sp³-hybridized carbons (Fsp3) is 0.238. The monoisotopic (exact) mass is 364 g/mol. The number of aromatic nitrogens is 2. The van der Waals surface area contributed by atoms with E-state index in [4.69, 9.17) is 4.74 Å². The first-order chi connectivity index (χ1) is 13.1. The number of nitrogens with zero attached hydrogens (tertiary/aromatic N) is 2. The molecule has 140 valence electrons. The van der Waals surface area contributed by atoms with Crippen molar-refractivity contribution in [3.63, 3.8) is 0 Å². The van der Waals surface area contributed by atoms with Crippen LogP contribution in [-0.2, 0) is 0 Å². The molecule has 0 saturated heterocycles. The molecule has 3 aromatic rings. The highest BCUT2D eigenvalue weighted by Crippen LogP contribution is 2.15. The van der Waals surface area contributed by atoms with Crippen molar-refractivity contribution in [2.75, 3.05) is 13.2 Å². The maximum absolute atomic E-state index is 12.1. The Balaban J connectivity index is 1.42. The summed E-state index contributed by atoms with van der Waals surface area (Å²) < 4.78 is 7.56. The van der Waals surface area contributed by atoms with Gasteiger partial charge in [-0.05, 0) is 49.2 Å². The second-order valence-electron chi connectivity index (χ2n) is 6.35. The molecule has 6 heteroatoms. The summed E-state index contributed by atoms with van der Waals surface area (Å²) in [7, 11) is 0. The van der Waals surface area contributed by atoms with Gasteiger partial charge in [-0.3, -0.25) is 0 Å². The van der Waals surface area contributed by atoms with Gasteiger partial charge < -0.3 is 19.9 Å². The van der Waals surface area contributed by atoms with E-state index in [0.717, 1.165) is 22.6 Å². The van der Waals surface area contributed by atoms with Crippen LogP contribution in [0.2, 0.25) is 0 Å². The van der Waals surface area contributed by atoms with Crippen molar-refractivity contribution in [1.29, 1.82) is 0 Å². The minimum atomic E-state index is -0.214. The molecule has 0 unspecified atom stereocenters. The number of carbonyl (C=O) groups excluding carboxylic acids is 1. The largest absolute Gasteiger partial charge is 0.492 e. The van der Waals surface area contributed by atoms with Gasteiger partial charge in [-0.2, -0.15) is 0 Å². The molecule has 0 radical (unpaired) electrons. The topological polar surface area (TPSA) is 68.2 Å². The first-order valence-electron chi connectivity index (χ1n) is 8.94. The Hall–Kier alpha value is -3.28. The molecule has 0 fully saturated rings. The molecule has 0 aliphatic rings. The number of urea groups is 1. The second kappa shape index (κ2) is 8.89. The van der Waals surface area contributed by atoms with Crippen LogP contribution >= 0.6 is 0 Å². The van der Waals surface area contributed by atoms with Crippen molar-refractivity contribution in [3.8, 4) is 11.4 Å². The average Bonchev–Trinajstić information content (AvgIpc) is 3.20. The van der Waals surface area contributed by atoms with Gasteiger partial charge >= 0.3 is 6.03 Å². The van der Waals surface area contributed by atoms with Crippen LogP contribution < -0.4 is 15.4 Å². The quantitative estimate of drug-likeness (QED) is 0.629. The van der Waals surface area contributed by atoms with Crippen LogP contribution in [0.4, 0.5) is 4.79 Å². The molecule has 0 saturated carbocycles. The summed E-state index contributed by atoms with van der Waals surface area (Å²) in [4.78, 5) is 16.1. The van der Waals surface area contributed by atoms with Crippen molar-refractivity contribution >= 4 is 6.03 Å². The molecule has 0 spiro atoms. The van der Waals surface area contributed by atoms with Crippen molar-refractivity contribution in [2.24, 2.45) is 0 Å². The summed E-state index contributed by atoms with van der Waals surface area (Å²) in [5.41, 5.74) is 3.21. The summed E-state index contributed by atoms with van der Waals surface area (Å²) in [6.45, 7) is 4.83. The van der Waals surface area contributed by atoms with Gasteiger partial charge in [0.15, 0.2) is 0 Å². The lowest BCUT2D eigenvalue weighted by molar-refractivity contribution is 0.233. The third-order valence-corrected chi connectivity index (χ3v) is 4.19. The predicted molar refractivity (Wildman–Crippen MR) is 105 cm³/mol. The third kappa shape index (κ3) is 5.34. The normalized spacial score (nSPS) is 11.6. The second-order valence-corrected chi connectivity index (χ2v) is 6.35. The number of nitrogens with one attached hydrogen (secondary N) is 2. The first kappa shape index (κ1) is 18.5. The Morgan fingerprint density at radius 1 is 1.22 bits per heavy atom. The zero-order valence-corrected chi connectivity index (χ0v) is 15.6. The smallest absolute Gasteiger partial charge is 0.315 e. The maximum Gasteiger partial charge on any atom is 0.315 e. The van der Waals surface area contributed by atoms with Gasteiger partial charge in [-0.1, -0.05) is 24.3 Å². The third-order valence-electron chi connectivity index (χ3n) is 4.19. The van der Waals surface area contributed by atoms with Crippen LogP contribution in [0, 0.1) is 6.92 Å². The minimum Gasteiger partial charge on any atom is -0.492 e. The number of carbonyl (C=O) groups is 1. The number of rotatable bonds is 7. The Morgan fingerprint density at radius 2 is 2.04 bits per heavy atom. The van der Waals surface area contributed by atoms with E-state index in [1.165, 1.54) is 0 Å². The van der Waals surface area contributed by atoms with Gasteiger partial charge in [0, 0.05) is 18.1 Å². The molecule has 0 aliphatic heterocycles. The Morgan fingerprint density at radius 3 is 2.74 bits per heavy atom. The van der Waals surface area contributed by atoms with Crippen LogP contribution in [0.1, 0.15) is 24.1 Å². The van der Waals surface area contributed by atoms with E-state index >= 15 is 0 Å². The fourth-order valence-corrected chi connectivity index (χ4v) is 2.72. The van der Waals surface area contributed by atoms with E-state index in [1.54, 1.807) is 12.5 Å². The SMILES string of the molecule is Cc1cccc(OCCNC(=O)N[C@@H](C)c2ccc(-n3ccnc3)cc2)c1. The van der Waals surface area contributed by atoms with Crippen molar-refractivity contribution in [1.82, 2.24) is 20.2 Å². The predicted octanol–water partition coefficient (Wildman–Crippen LogP) is 3.62. The summed E-state index contributed by atoms with van der Waals surface area (Å²) in [6, 6.07) is 15.5. The molecule has 2 aromatic carbocycles. The van der Waals surface area contributed by atoms with Gasteiger partial charge in [0.1, 0.15) is 12.4 Å². The zero-order chi connectivity index (χ0) is 19.1. The molecule has 2 N–H and O–H groups in total. The minimum absolute atomic E-state index is 0.0977. The van der Waals surface area contributed by atoms with Gasteiger partial charge in [-0.25, -0.2) is 9.78 Å². The van der Waals surface area contributed by atoms with Gasteiger partial charge in [0.05, 0.1) is 18.9 Å². The van der Waals surface area contributed by atoms with Crippen LogP contribution in [0.5, 0.6) is 5.75 Å². The van der Waals surface area contributed by atoms with Gasteiger partial charge in [0.25, 0.3) is 0 Å². The summed E-state index contributed by atoms with van der Waals surface area (Å²) >= 11 is 0. The van der Waals surface area contributed by atoms with Gasteiger partial charge in [0.2, 0.25) is 0 Å². The maximum atomic E-state index is 12.1. The number of aryl methyl sites for hydroxylation is 1. The standard InChI is InChI=1S/C21H24N4O2/c1-16-4-3-5-20(14-16)27-13-11-23-21(26)24-17(2)18-6-8-19(9-7-18)25-12-10-22-15-25/h3-10,12,14-15,17H,11,13H2,1-2H3,(H2,23,24,26)/t17-/m0/s1. The highest BCUT2D eigenvalue weighted by atomic mass is 16.5. The number of hydrogen-bond acceptors (Lipinski definition) is 3. The van der Waals surface area contributed by atoms with E-state index in [2.05, 4.69) is 15.6 Å². The van der Waals surface area contributed by atoms with E-state index in [9.17, 15) is 4.79 Å². The van der Waals surface area contributed by atoms with Crippen LogP contribution in [-0.4, -0.2) is 28.7 Å². The highest BCUT2D eigenvalue weighted by Gasteiger charge is 2.09. The summed E-state index contributed by atoms with van der Waals surface area (Å²) in [6.07, 6.45) is 5.39. The number of imidazole rings is 1. The molecule has 6 nitrogen and oxygen atoms in total. The Bertz CT molecular complexity index is 860. The van der Waals surface area contributed by atoms with Crippen molar-refractivity contribution < 1.29 is 9.53 Å². The first-order valence-corrected chi connectivity index (χ1v) is 8.94. The number of hydrogen-bond donors (Lipinski definition) is 2. The van der Waals surface area contributed by atoms with E-state index in [-0.39, 0.29) is 12.1 Å². The number of ether oxygens (including phenoxy) is 1. The molecule has 0 aliphatic carbocycles. The zero-order valence-electron chi connectivity index (χ0n) is 15.6. The van der Waals surface area contributed by atoms with Crippen molar-refractivity contribution in [2.45, 2.75) is 19.9 Å². The van der Waals surface area contributed by atoms with Gasteiger partial charge in [-0.15, -0.1) is 0 Å². The lowest BCUT2D eigenvalue weighted by atomic mass is 10.1. The van der Waals surface area contributed by atoms with Crippen LogP contribution in [0.15, 0.2) is 67.3 Å². The van der Waals surface area contributed by atoms with Crippen LogP contribution in [0.3, 0.4) is 0 Å². The molecular weight excluding hydrogens is 340 g/mol. The van der Waals surface area contributed by atoms with Crippen molar-refractivity contribution in [3.05, 3.63) is 78.4 Å². The summed E-state index contributed by atoms with van der Waals surface area (Å²) in [5.74, 6) is 0.809. The van der Waals surface area contributed by atoms with E-state index in [0.29, 0.717) is 13.2 Å². The molecule has 3 rings (SSSR count). The van der Waals surface area contributed by atoms with E-state index < -0.39 is 0 Å². The Labute approximate surface area is 159 Å². The average molecular weight is 364 g/mol. The molecule has 2 amide bonds. The fourth-order valence-electron chi connectivity index (χ4n) is 2.72. The number of amides is 2. The van der Waals surface area contributed by atoms with Crippen LogP contribution in [0.25, 0.3) is 5.69 Å². The molecule has 0 bridgehead atoms. The Kier molecular flexibility index (Phi) is 6.10. The molecular formula is C21H24N4O2. The molecule has 1 heterocycles. The number of benzene rings is 2. The lowest BCUT2D eigenvalue weighted by Gasteiger charge is -2.16. The van der Waals surface area contributed by atoms with E-state index in [1.807, 2.05) is 73.1 Å². The molecule has 1 aromatic heterocycles.